The van der Waals surface area contributed by atoms with Gasteiger partial charge in [-0.25, -0.2) is 4.79 Å². The quantitative estimate of drug-likeness (QED) is 0.264. The van der Waals surface area contributed by atoms with Crippen LogP contribution in [0.3, 0.4) is 0 Å². The Balaban J connectivity index is 1.72. The normalized spacial score (nSPS) is 12.1. The molecule has 9 heteroatoms. The predicted octanol–water partition coefficient (Wildman–Crippen LogP) is 4.50. The number of carbonyl (C=O) groups is 1. The number of halogens is 1. The summed E-state index contributed by atoms with van der Waals surface area (Å²) in [5.74, 6) is 1.73. The number of thioether (sulfide) groups is 1. The van der Waals surface area contributed by atoms with E-state index in [9.17, 15) is 4.79 Å². The van der Waals surface area contributed by atoms with E-state index in [1.165, 1.54) is 7.11 Å². The Morgan fingerprint density at radius 2 is 1.94 bits per heavy atom. The molecule has 0 bridgehead atoms. The molecule has 1 heterocycles. The number of hydrogen-bond donors (Lipinski definition) is 0. The molecule has 0 spiro atoms. The van der Waals surface area contributed by atoms with Gasteiger partial charge in [0.15, 0.2) is 11.0 Å². The highest BCUT2D eigenvalue weighted by Gasteiger charge is 2.21. The van der Waals surface area contributed by atoms with Crippen LogP contribution in [0.15, 0.2) is 53.7 Å². The van der Waals surface area contributed by atoms with E-state index in [0.717, 1.165) is 16.7 Å². The highest BCUT2D eigenvalue weighted by atomic mass is 35.5. The summed E-state index contributed by atoms with van der Waals surface area (Å²) in [6.07, 6.45) is 0. The lowest BCUT2D eigenvalue weighted by Gasteiger charge is -2.20. The first-order valence-electron chi connectivity index (χ1n) is 9.72. The fraction of sp³-hybridized carbons (Fsp3) is 0.318. The van der Waals surface area contributed by atoms with Crippen molar-refractivity contribution in [3.05, 3.63) is 64.9 Å². The summed E-state index contributed by atoms with van der Waals surface area (Å²) in [5, 5.41) is 10.3. The summed E-state index contributed by atoms with van der Waals surface area (Å²) in [6, 6.07) is 14.6. The molecule has 164 valence electrons. The van der Waals surface area contributed by atoms with Gasteiger partial charge in [-0.2, -0.15) is 0 Å². The summed E-state index contributed by atoms with van der Waals surface area (Å²) in [4.78, 5) is 13.8. The molecule has 0 amide bonds. The molecule has 1 aromatic heterocycles. The third-order valence-electron chi connectivity index (χ3n) is 4.73. The van der Waals surface area contributed by atoms with Crippen molar-refractivity contribution >= 4 is 29.3 Å². The minimum atomic E-state index is -0.390. The number of ether oxygens (including phenoxy) is 2. The van der Waals surface area contributed by atoms with Gasteiger partial charge in [0.05, 0.1) is 25.3 Å². The average molecular weight is 461 g/mol. The molecule has 0 radical (unpaired) electrons. The first-order chi connectivity index (χ1) is 14.9. The molecule has 0 aliphatic rings. The Labute approximate surface area is 191 Å². The molecule has 31 heavy (non-hydrogen) atoms. The van der Waals surface area contributed by atoms with Crippen LogP contribution in [0, 0.1) is 0 Å². The van der Waals surface area contributed by atoms with Crippen LogP contribution in [0.1, 0.15) is 29.1 Å². The van der Waals surface area contributed by atoms with Gasteiger partial charge in [-0.15, -0.1) is 10.2 Å². The molecular weight excluding hydrogens is 436 g/mol. The van der Waals surface area contributed by atoms with Gasteiger partial charge < -0.3 is 9.47 Å². The molecular formula is C22H25ClN4O3S. The van der Waals surface area contributed by atoms with Crippen LogP contribution in [0.25, 0.3) is 5.69 Å². The lowest BCUT2D eigenvalue weighted by Crippen LogP contribution is -2.20. The Kier molecular flexibility index (Phi) is 7.95. The van der Waals surface area contributed by atoms with Crippen LogP contribution in [0.2, 0.25) is 5.02 Å². The largest absolute Gasteiger partial charge is 0.493 e. The second kappa shape index (κ2) is 10.7. The Bertz CT molecular complexity index is 1020. The molecule has 0 fully saturated rings. The van der Waals surface area contributed by atoms with Gasteiger partial charge in [0, 0.05) is 16.5 Å². The van der Waals surface area contributed by atoms with Gasteiger partial charge in [-0.3, -0.25) is 9.47 Å². The summed E-state index contributed by atoms with van der Waals surface area (Å²) >= 11 is 7.62. The zero-order valence-corrected chi connectivity index (χ0v) is 19.5. The molecule has 2 aromatic carbocycles. The van der Waals surface area contributed by atoms with E-state index >= 15 is 0 Å². The Morgan fingerprint density at radius 3 is 2.61 bits per heavy atom. The fourth-order valence-corrected chi connectivity index (χ4v) is 3.73. The maximum Gasteiger partial charge on any atom is 0.337 e. The number of esters is 1. The highest BCUT2D eigenvalue weighted by molar-refractivity contribution is 7.99. The van der Waals surface area contributed by atoms with Crippen molar-refractivity contribution in [1.29, 1.82) is 0 Å². The minimum Gasteiger partial charge on any atom is -0.493 e. The molecule has 0 saturated heterocycles. The van der Waals surface area contributed by atoms with Crippen molar-refractivity contribution in [3.63, 3.8) is 0 Å². The maximum absolute atomic E-state index is 11.7. The first kappa shape index (κ1) is 23.1. The van der Waals surface area contributed by atoms with Crippen molar-refractivity contribution in [2.24, 2.45) is 0 Å². The average Bonchev–Trinajstić information content (AvgIpc) is 3.20. The van der Waals surface area contributed by atoms with Gasteiger partial charge in [-0.1, -0.05) is 29.4 Å². The van der Waals surface area contributed by atoms with Gasteiger partial charge in [0.2, 0.25) is 0 Å². The van der Waals surface area contributed by atoms with Gasteiger partial charge in [-0.05, 0) is 63.5 Å². The molecule has 0 aliphatic heterocycles. The van der Waals surface area contributed by atoms with E-state index in [1.807, 2.05) is 49.0 Å². The summed E-state index contributed by atoms with van der Waals surface area (Å²) in [5.41, 5.74) is 1.41. The first-order valence-corrected chi connectivity index (χ1v) is 11.1. The van der Waals surface area contributed by atoms with Crippen LogP contribution in [-0.4, -0.2) is 59.2 Å². The molecule has 0 aliphatic carbocycles. The van der Waals surface area contributed by atoms with E-state index in [0.29, 0.717) is 28.7 Å². The van der Waals surface area contributed by atoms with Crippen molar-refractivity contribution in [2.75, 3.05) is 33.6 Å². The zero-order chi connectivity index (χ0) is 22.4. The number of carbonyl (C=O) groups excluding carboxylic acids is 1. The molecule has 1 atom stereocenters. The van der Waals surface area contributed by atoms with Crippen LogP contribution >= 0.6 is 23.4 Å². The summed E-state index contributed by atoms with van der Waals surface area (Å²) in [7, 11) is 5.37. The lowest BCUT2D eigenvalue weighted by molar-refractivity contribution is 0.0600. The standard InChI is InChI=1S/C22H25ClN4O3S/c1-15(26(2)3)20-24-25-22(27(20)18-10-8-17(23)9-11-18)31-13-12-30-19-7-5-6-16(14-19)21(28)29-4/h5-11,14-15H,12-13H2,1-4H3. The van der Waals surface area contributed by atoms with Crippen LogP contribution in [0.5, 0.6) is 5.75 Å². The predicted molar refractivity (Wildman–Crippen MR) is 122 cm³/mol. The van der Waals surface area contributed by atoms with E-state index < -0.39 is 5.97 Å². The monoisotopic (exact) mass is 460 g/mol. The lowest BCUT2D eigenvalue weighted by atomic mass is 10.2. The molecule has 0 N–H and O–H groups in total. The van der Waals surface area contributed by atoms with Crippen molar-refractivity contribution in [1.82, 2.24) is 19.7 Å². The van der Waals surface area contributed by atoms with E-state index in [1.54, 1.807) is 30.0 Å². The molecule has 3 aromatic rings. The van der Waals surface area contributed by atoms with Gasteiger partial charge in [0.1, 0.15) is 5.75 Å². The number of aromatic nitrogens is 3. The highest BCUT2D eigenvalue weighted by Crippen LogP contribution is 2.27. The molecule has 0 saturated carbocycles. The molecule has 3 rings (SSSR count). The SMILES string of the molecule is COC(=O)c1cccc(OCCSc2nnc(C(C)N(C)C)n2-c2ccc(Cl)cc2)c1. The third-order valence-corrected chi connectivity index (χ3v) is 5.88. The minimum absolute atomic E-state index is 0.0786. The maximum atomic E-state index is 11.7. The van der Waals surface area contributed by atoms with Crippen molar-refractivity contribution in [2.45, 2.75) is 18.1 Å². The summed E-state index contributed by atoms with van der Waals surface area (Å²) < 4.78 is 12.6. The Hall–Kier alpha value is -2.55. The zero-order valence-electron chi connectivity index (χ0n) is 17.9. The second-order valence-electron chi connectivity index (χ2n) is 7.01. The third kappa shape index (κ3) is 5.78. The number of rotatable bonds is 9. The molecule has 1 unspecified atom stereocenters. The van der Waals surface area contributed by atoms with E-state index in [-0.39, 0.29) is 6.04 Å². The van der Waals surface area contributed by atoms with Crippen LogP contribution in [-0.2, 0) is 4.74 Å². The topological polar surface area (TPSA) is 69.5 Å². The van der Waals surface area contributed by atoms with Gasteiger partial charge >= 0.3 is 5.97 Å². The van der Waals surface area contributed by atoms with Crippen molar-refractivity contribution in [3.8, 4) is 11.4 Å². The van der Waals surface area contributed by atoms with E-state index in [4.69, 9.17) is 21.1 Å². The molecule has 7 nitrogen and oxygen atoms in total. The number of methoxy groups -OCH3 is 1. The van der Waals surface area contributed by atoms with E-state index in [2.05, 4.69) is 22.0 Å². The number of hydrogen-bond acceptors (Lipinski definition) is 7. The van der Waals surface area contributed by atoms with Crippen LogP contribution in [0.4, 0.5) is 0 Å². The van der Waals surface area contributed by atoms with Crippen LogP contribution < -0.4 is 4.74 Å². The van der Waals surface area contributed by atoms with Gasteiger partial charge in [0.25, 0.3) is 0 Å². The smallest absolute Gasteiger partial charge is 0.337 e. The number of nitrogens with zero attached hydrogens (tertiary/aromatic N) is 4. The Morgan fingerprint density at radius 1 is 1.19 bits per heavy atom. The fourth-order valence-electron chi connectivity index (χ4n) is 2.83. The summed E-state index contributed by atoms with van der Waals surface area (Å²) in [6.45, 7) is 2.53. The number of benzene rings is 2. The second-order valence-corrected chi connectivity index (χ2v) is 8.51. The van der Waals surface area contributed by atoms with Crippen molar-refractivity contribution < 1.29 is 14.3 Å².